The number of ether oxygens (including phenoxy) is 1. The lowest BCUT2D eigenvalue weighted by molar-refractivity contribution is 0.0200. The molecule has 16 heavy (non-hydrogen) atoms. The highest BCUT2D eigenvalue weighted by atomic mass is 16.5. The summed E-state index contributed by atoms with van der Waals surface area (Å²) in [5.41, 5.74) is 1.86. The zero-order valence-corrected chi connectivity index (χ0v) is 9.14. The first-order chi connectivity index (χ1) is 7.81. The van der Waals surface area contributed by atoms with Gasteiger partial charge in [0.2, 0.25) is 0 Å². The molecule has 0 aliphatic carbocycles. The van der Waals surface area contributed by atoms with Crippen LogP contribution in [0.4, 0.5) is 0 Å². The van der Waals surface area contributed by atoms with E-state index in [1.54, 1.807) is 0 Å². The van der Waals surface area contributed by atoms with Crippen molar-refractivity contribution in [1.82, 2.24) is 4.57 Å². The van der Waals surface area contributed by atoms with Gasteiger partial charge in [0.05, 0.1) is 17.6 Å². The predicted molar refractivity (Wildman–Crippen MR) is 61.5 cm³/mol. The van der Waals surface area contributed by atoms with E-state index in [1.807, 2.05) is 41.8 Å². The van der Waals surface area contributed by atoms with Crippen molar-refractivity contribution in [1.29, 1.82) is 0 Å². The maximum Gasteiger partial charge on any atom is 0.183 e. The van der Waals surface area contributed by atoms with Crippen molar-refractivity contribution >= 4 is 16.7 Å². The maximum atomic E-state index is 11.8. The number of fused-ring (bicyclic) bond motifs is 3. The van der Waals surface area contributed by atoms with Crippen LogP contribution < -0.4 is 0 Å². The first kappa shape index (κ1) is 9.60. The van der Waals surface area contributed by atoms with Gasteiger partial charge in [-0.3, -0.25) is 4.79 Å². The summed E-state index contributed by atoms with van der Waals surface area (Å²) in [5, 5.41) is 1.11. The van der Waals surface area contributed by atoms with Gasteiger partial charge in [-0.2, -0.15) is 0 Å². The molecule has 0 saturated heterocycles. The maximum absolute atomic E-state index is 11.8. The number of carbonyl (C=O) groups excluding carboxylic acids is 1. The first-order valence-electron chi connectivity index (χ1n) is 5.56. The van der Waals surface area contributed by atoms with Crippen molar-refractivity contribution in [2.75, 3.05) is 6.61 Å². The average Bonchev–Trinajstić information content (AvgIpc) is 2.79. The minimum atomic E-state index is -0.118. The summed E-state index contributed by atoms with van der Waals surface area (Å²) in [5.74, 6) is 0.176. The molecule has 2 heterocycles. The molecule has 3 rings (SSSR count). The summed E-state index contributed by atoms with van der Waals surface area (Å²) in [6.45, 7) is 2.58. The Morgan fingerprint density at radius 1 is 1.44 bits per heavy atom. The lowest BCUT2D eigenvalue weighted by atomic mass is 10.2. The van der Waals surface area contributed by atoms with Crippen LogP contribution in [0.2, 0.25) is 0 Å². The van der Waals surface area contributed by atoms with Gasteiger partial charge in [-0.25, -0.2) is 0 Å². The minimum absolute atomic E-state index is 0.118. The van der Waals surface area contributed by atoms with E-state index in [0.29, 0.717) is 13.0 Å². The molecule has 2 aromatic rings. The minimum Gasteiger partial charge on any atom is -0.358 e. The number of hydrogen-bond donors (Lipinski definition) is 0. The Morgan fingerprint density at radius 2 is 2.25 bits per heavy atom. The monoisotopic (exact) mass is 215 g/mol. The number of para-hydroxylation sites is 1. The van der Waals surface area contributed by atoms with Gasteiger partial charge in [-0.05, 0) is 19.1 Å². The van der Waals surface area contributed by atoms with Crippen LogP contribution in [0.3, 0.4) is 0 Å². The quantitative estimate of drug-likeness (QED) is 0.771. The van der Waals surface area contributed by atoms with Gasteiger partial charge in [0, 0.05) is 12.0 Å². The lowest BCUT2D eigenvalue weighted by Crippen LogP contribution is -2.07. The summed E-state index contributed by atoms with van der Waals surface area (Å²) in [6.07, 6.45) is 0.348. The predicted octanol–water partition coefficient (Wildman–Crippen LogP) is 2.76. The highest BCUT2D eigenvalue weighted by molar-refractivity contribution is 6.02. The molecule has 0 fully saturated rings. The fourth-order valence-electron chi connectivity index (χ4n) is 2.38. The molecule has 1 aliphatic rings. The number of ketones is 1. The molecule has 1 aromatic heterocycles. The number of rotatable bonds is 2. The molecule has 0 bridgehead atoms. The Hall–Kier alpha value is -1.61. The van der Waals surface area contributed by atoms with Crippen LogP contribution in [0, 0.1) is 0 Å². The van der Waals surface area contributed by atoms with Gasteiger partial charge in [0.15, 0.2) is 5.78 Å². The van der Waals surface area contributed by atoms with Crippen LogP contribution in [-0.4, -0.2) is 17.0 Å². The number of nitrogens with zero attached hydrogens (tertiary/aromatic N) is 1. The van der Waals surface area contributed by atoms with Crippen molar-refractivity contribution in [2.45, 2.75) is 19.6 Å². The van der Waals surface area contributed by atoms with Gasteiger partial charge in [-0.15, -0.1) is 0 Å². The molecule has 0 amide bonds. The van der Waals surface area contributed by atoms with E-state index >= 15 is 0 Å². The SMILES string of the molecule is CCO[C@H]1CC(=O)c2cc3ccccc3n21. The molecule has 3 nitrogen and oxygen atoms in total. The van der Waals surface area contributed by atoms with E-state index in [1.165, 1.54) is 0 Å². The molecule has 82 valence electrons. The largest absolute Gasteiger partial charge is 0.358 e. The van der Waals surface area contributed by atoms with Gasteiger partial charge >= 0.3 is 0 Å². The van der Waals surface area contributed by atoms with Crippen LogP contribution in [0.1, 0.15) is 30.1 Å². The van der Waals surface area contributed by atoms with Crippen molar-refractivity contribution in [3.05, 3.63) is 36.0 Å². The number of aromatic nitrogens is 1. The first-order valence-corrected chi connectivity index (χ1v) is 5.56. The summed E-state index contributed by atoms with van der Waals surface area (Å²) in [4.78, 5) is 11.8. The topological polar surface area (TPSA) is 31.2 Å². The van der Waals surface area contributed by atoms with Crippen LogP contribution >= 0.6 is 0 Å². The number of Topliss-reactive ketones (excluding diaryl/α,β-unsaturated/α-hetero) is 1. The molecule has 0 spiro atoms. The Labute approximate surface area is 93.6 Å². The lowest BCUT2D eigenvalue weighted by Gasteiger charge is -2.13. The Morgan fingerprint density at radius 3 is 3.06 bits per heavy atom. The van der Waals surface area contributed by atoms with Crippen LogP contribution in [0.5, 0.6) is 0 Å². The fourth-order valence-corrected chi connectivity index (χ4v) is 2.38. The van der Waals surface area contributed by atoms with E-state index in [-0.39, 0.29) is 12.0 Å². The second-order valence-electron chi connectivity index (χ2n) is 4.00. The van der Waals surface area contributed by atoms with Crippen molar-refractivity contribution < 1.29 is 9.53 Å². The molecule has 0 unspecified atom stereocenters. The average molecular weight is 215 g/mol. The number of benzene rings is 1. The van der Waals surface area contributed by atoms with Crippen molar-refractivity contribution in [2.24, 2.45) is 0 Å². The number of carbonyl (C=O) groups is 1. The van der Waals surface area contributed by atoms with Gasteiger partial charge in [0.25, 0.3) is 0 Å². The smallest absolute Gasteiger partial charge is 0.183 e. The molecule has 1 aliphatic heterocycles. The third kappa shape index (κ3) is 1.21. The van der Waals surface area contributed by atoms with Crippen LogP contribution in [-0.2, 0) is 4.74 Å². The zero-order chi connectivity index (χ0) is 11.1. The standard InChI is InChI=1S/C13H13NO2/c1-2-16-13-8-12(15)11-7-9-5-3-4-6-10(9)14(11)13/h3-7,13H,2,8H2,1H3/t13-/m0/s1. The summed E-state index contributed by atoms with van der Waals surface area (Å²) >= 11 is 0. The van der Waals surface area contributed by atoms with Crippen LogP contribution in [0.25, 0.3) is 10.9 Å². The van der Waals surface area contributed by atoms with Gasteiger partial charge in [0.1, 0.15) is 6.23 Å². The molecule has 0 N–H and O–H groups in total. The van der Waals surface area contributed by atoms with E-state index in [9.17, 15) is 4.79 Å². The third-order valence-electron chi connectivity index (χ3n) is 3.04. The van der Waals surface area contributed by atoms with Crippen molar-refractivity contribution in [3.8, 4) is 0 Å². The molecule has 3 heteroatoms. The summed E-state index contributed by atoms with van der Waals surface area (Å²) in [6, 6.07) is 9.98. The molecular weight excluding hydrogens is 202 g/mol. The van der Waals surface area contributed by atoms with E-state index in [0.717, 1.165) is 16.6 Å². The molecule has 0 saturated carbocycles. The second kappa shape index (κ2) is 3.46. The molecule has 1 aromatic carbocycles. The number of hydrogen-bond acceptors (Lipinski definition) is 2. The molecule has 0 radical (unpaired) electrons. The Kier molecular flexibility index (Phi) is 2.07. The third-order valence-corrected chi connectivity index (χ3v) is 3.04. The van der Waals surface area contributed by atoms with Gasteiger partial charge < -0.3 is 9.30 Å². The van der Waals surface area contributed by atoms with Crippen molar-refractivity contribution in [3.63, 3.8) is 0 Å². The Bertz CT molecular complexity index is 556. The zero-order valence-electron chi connectivity index (χ0n) is 9.14. The summed E-state index contributed by atoms with van der Waals surface area (Å²) in [7, 11) is 0. The fraction of sp³-hybridized carbons (Fsp3) is 0.308. The van der Waals surface area contributed by atoms with E-state index in [4.69, 9.17) is 4.74 Å². The molecular formula is C13H13NO2. The van der Waals surface area contributed by atoms with Crippen LogP contribution in [0.15, 0.2) is 30.3 Å². The highest BCUT2D eigenvalue weighted by Crippen LogP contribution is 2.33. The normalized spacial score (nSPS) is 19.3. The van der Waals surface area contributed by atoms with E-state index in [2.05, 4.69) is 0 Å². The van der Waals surface area contributed by atoms with E-state index < -0.39 is 0 Å². The second-order valence-corrected chi connectivity index (χ2v) is 4.00. The van der Waals surface area contributed by atoms with Gasteiger partial charge in [-0.1, -0.05) is 18.2 Å². The molecule has 1 atom stereocenters. The highest BCUT2D eigenvalue weighted by Gasteiger charge is 2.30. The Balaban J connectivity index is 2.22. The summed E-state index contributed by atoms with van der Waals surface area (Å²) < 4.78 is 7.62.